The molecule has 0 aromatic heterocycles. The van der Waals surface area contributed by atoms with Gasteiger partial charge in [0.15, 0.2) is 6.10 Å². The fourth-order valence-corrected chi connectivity index (χ4v) is 9.65. The molecule has 1 atom stereocenters. The van der Waals surface area contributed by atoms with Crippen LogP contribution in [-0.2, 0) is 28.6 Å². The molecule has 0 saturated carbocycles. The summed E-state index contributed by atoms with van der Waals surface area (Å²) in [6.45, 7) is 6.55. The molecule has 0 aliphatic carbocycles. The predicted octanol–water partition coefficient (Wildman–Crippen LogP) is 22.3. The van der Waals surface area contributed by atoms with Gasteiger partial charge in [-0.25, -0.2) is 0 Å². The molecule has 0 amide bonds. The Bertz CT molecular complexity index is 1340. The zero-order valence-corrected chi connectivity index (χ0v) is 50.1. The Morgan fingerprint density at radius 1 is 0.280 bits per heavy atom. The normalized spacial score (nSPS) is 12.4. The summed E-state index contributed by atoms with van der Waals surface area (Å²) in [6.07, 6.45) is 81.0. The number of carbonyl (C=O) groups is 3. The minimum Gasteiger partial charge on any atom is -0.462 e. The van der Waals surface area contributed by atoms with Crippen LogP contribution in [0.1, 0.15) is 342 Å². The molecule has 436 valence electrons. The van der Waals surface area contributed by atoms with Crippen molar-refractivity contribution in [3.05, 3.63) is 60.8 Å². The minimum atomic E-state index is -0.789. The van der Waals surface area contributed by atoms with Crippen molar-refractivity contribution < 1.29 is 28.6 Å². The fourth-order valence-electron chi connectivity index (χ4n) is 9.65. The summed E-state index contributed by atoms with van der Waals surface area (Å²) in [5.74, 6) is -0.897. The quantitative estimate of drug-likeness (QED) is 0.0261. The second-order valence-corrected chi connectivity index (χ2v) is 22.0. The van der Waals surface area contributed by atoms with Crippen LogP contribution >= 0.6 is 0 Å². The van der Waals surface area contributed by atoms with E-state index in [0.717, 1.165) is 96.3 Å². The van der Waals surface area contributed by atoms with Crippen molar-refractivity contribution in [2.45, 2.75) is 348 Å². The van der Waals surface area contributed by atoms with Crippen molar-refractivity contribution in [1.29, 1.82) is 0 Å². The van der Waals surface area contributed by atoms with Crippen molar-refractivity contribution in [2.24, 2.45) is 0 Å². The van der Waals surface area contributed by atoms with Crippen molar-refractivity contribution in [3.8, 4) is 0 Å². The predicted molar refractivity (Wildman–Crippen MR) is 325 cm³/mol. The van der Waals surface area contributed by atoms with E-state index in [0.29, 0.717) is 19.3 Å². The van der Waals surface area contributed by atoms with E-state index >= 15 is 0 Å². The maximum Gasteiger partial charge on any atom is 0.306 e. The Morgan fingerprint density at radius 3 is 0.813 bits per heavy atom. The number of rotatable bonds is 60. The average molecular weight is 1050 g/mol. The second kappa shape index (κ2) is 63.6. The lowest BCUT2D eigenvalue weighted by atomic mass is 10.0. The van der Waals surface area contributed by atoms with Gasteiger partial charge in [-0.1, -0.05) is 319 Å². The molecular formula is C69H124O6. The van der Waals surface area contributed by atoms with Crippen LogP contribution in [0.15, 0.2) is 60.8 Å². The zero-order chi connectivity index (χ0) is 54.3. The van der Waals surface area contributed by atoms with Crippen molar-refractivity contribution >= 4 is 17.9 Å². The van der Waals surface area contributed by atoms with E-state index in [1.54, 1.807) is 0 Å². The van der Waals surface area contributed by atoms with E-state index in [1.165, 1.54) is 205 Å². The summed E-state index contributed by atoms with van der Waals surface area (Å²) in [6, 6.07) is 0. The first-order valence-electron chi connectivity index (χ1n) is 32.8. The molecule has 1 unspecified atom stereocenters. The molecule has 0 fully saturated rings. The van der Waals surface area contributed by atoms with Crippen LogP contribution in [0.25, 0.3) is 0 Å². The molecule has 0 heterocycles. The van der Waals surface area contributed by atoms with Crippen molar-refractivity contribution in [3.63, 3.8) is 0 Å². The van der Waals surface area contributed by atoms with Gasteiger partial charge in [-0.3, -0.25) is 14.4 Å². The SMILES string of the molecule is CC/C=C\C/C=C\C/C=C\C/C=C\C/C=C\CCCCCC(=O)OC(COC(=O)CCCCCCCCCCCCCC)COC(=O)CCCCCCCCCCCCCCCCCCCCCCCCCCCC. The van der Waals surface area contributed by atoms with Crippen LogP contribution in [0.4, 0.5) is 0 Å². The largest absolute Gasteiger partial charge is 0.462 e. The molecule has 0 aromatic carbocycles. The molecule has 0 bridgehead atoms. The highest BCUT2D eigenvalue weighted by Gasteiger charge is 2.19. The first-order valence-corrected chi connectivity index (χ1v) is 32.8. The van der Waals surface area contributed by atoms with Gasteiger partial charge in [-0.05, 0) is 64.2 Å². The summed E-state index contributed by atoms with van der Waals surface area (Å²) in [5, 5.41) is 0. The van der Waals surface area contributed by atoms with Crippen molar-refractivity contribution in [1.82, 2.24) is 0 Å². The van der Waals surface area contributed by atoms with Crippen LogP contribution in [0.2, 0.25) is 0 Å². The van der Waals surface area contributed by atoms with Gasteiger partial charge in [0, 0.05) is 19.3 Å². The van der Waals surface area contributed by atoms with Gasteiger partial charge < -0.3 is 14.2 Å². The van der Waals surface area contributed by atoms with E-state index in [4.69, 9.17) is 14.2 Å². The molecule has 6 heteroatoms. The number of hydrogen-bond acceptors (Lipinski definition) is 6. The molecule has 0 rings (SSSR count). The zero-order valence-electron chi connectivity index (χ0n) is 50.1. The first kappa shape index (κ1) is 72.1. The van der Waals surface area contributed by atoms with E-state index in [2.05, 4.69) is 81.5 Å². The van der Waals surface area contributed by atoms with E-state index in [9.17, 15) is 14.4 Å². The molecular weight excluding hydrogens is 925 g/mol. The van der Waals surface area contributed by atoms with Gasteiger partial charge in [0.05, 0.1) is 0 Å². The number of carbonyl (C=O) groups excluding carboxylic acids is 3. The van der Waals surface area contributed by atoms with Gasteiger partial charge in [0.1, 0.15) is 13.2 Å². The summed E-state index contributed by atoms with van der Waals surface area (Å²) >= 11 is 0. The number of unbranched alkanes of at least 4 members (excludes halogenated alkanes) is 39. The molecule has 0 aromatic rings. The third-order valence-electron chi connectivity index (χ3n) is 14.5. The molecule has 6 nitrogen and oxygen atoms in total. The summed E-state index contributed by atoms with van der Waals surface area (Å²) in [7, 11) is 0. The number of allylic oxidation sites excluding steroid dienone is 10. The van der Waals surface area contributed by atoms with Crippen molar-refractivity contribution in [2.75, 3.05) is 13.2 Å². The van der Waals surface area contributed by atoms with Gasteiger partial charge in [-0.2, -0.15) is 0 Å². The summed E-state index contributed by atoms with van der Waals surface area (Å²) < 4.78 is 16.9. The molecule has 0 saturated heterocycles. The standard InChI is InChI=1S/C69H124O6/c1-4-7-10-13-16-19-22-25-27-29-31-32-33-34-35-36-37-39-40-42-44-47-50-53-56-59-62-68(71)74-65-66(64-73-67(70)61-58-55-52-49-46-24-21-18-15-12-9-6-3)75-69(72)63-60-57-54-51-48-45-43-41-38-30-28-26-23-20-17-14-11-8-5-2/h8,11,17,20,26,28,38,41,45,48,66H,4-7,9-10,12-16,18-19,21-25,27,29-37,39-40,42-44,46-47,49-65H2,1-3H3/b11-8-,20-17-,28-26-,41-38-,48-45-. The molecule has 0 aliphatic heterocycles. The lowest BCUT2D eigenvalue weighted by molar-refractivity contribution is -0.167. The van der Waals surface area contributed by atoms with E-state index < -0.39 is 6.10 Å². The third kappa shape index (κ3) is 61.8. The van der Waals surface area contributed by atoms with E-state index in [1.807, 2.05) is 0 Å². The highest BCUT2D eigenvalue weighted by Crippen LogP contribution is 2.18. The summed E-state index contributed by atoms with van der Waals surface area (Å²) in [5.41, 5.74) is 0. The van der Waals surface area contributed by atoms with Crippen LogP contribution in [0, 0.1) is 0 Å². The molecule has 0 aliphatic rings. The molecule has 0 radical (unpaired) electrons. The topological polar surface area (TPSA) is 78.9 Å². The number of hydrogen-bond donors (Lipinski definition) is 0. The van der Waals surface area contributed by atoms with Crippen LogP contribution < -0.4 is 0 Å². The first-order chi connectivity index (χ1) is 37.0. The Morgan fingerprint density at radius 2 is 0.520 bits per heavy atom. The Kier molecular flexibility index (Phi) is 61.2. The molecule has 0 spiro atoms. The number of ether oxygens (including phenoxy) is 3. The van der Waals surface area contributed by atoms with Gasteiger partial charge in [0.25, 0.3) is 0 Å². The van der Waals surface area contributed by atoms with E-state index in [-0.39, 0.29) is 31.1 Å². The monoisotopic (exact) mass is 1050 g/mol. The fraction of sp³-hybridized carbons (Fsp3) is 0.812. The highest BCUT2D eigenvalue weighted by atomic mass is 16.6. The van der Waals surface area contributed by atoms with Crippen LogP contribution in [0.5, 0.6) is 0 Å². The van der Waals surface area contributed by atoms with Gasteiger partial charge in [-0.15, -0.1) is 0 Å². The minimum absolute atomic E-state index is 0.0833. The lowest BCUT2D eigenvalue weighted by Crippen LogP contribution is -2.30. The van der Waals surface area contributed by atoms with Crippen LogP contribution in [0.3, 0.4) is 0 Å². The average Bonchev–Trinajstić information content (AvgIpc) is 3.41. The van der Waals surface area contributed by atoms with Crippen LogP contribution in [-0.4, -0.2) is 37.2 Å². The maximum absolute atomic E-state index is 12.9. The Hall–Kier alpha value is -2.89. The van der Waals surface area contributed by atoms with Gasteiger partial charge >= 0.3 is 17.9 Å². The highest BCUT2D eigenvalue weighted by molar-refractivity contribution is 5.71. The molecule has 0 N–H and O–H groups in total. The Labute approximate surface area is 466 Å². The third-order valence-corrected chi connectivity index (χ3v) is 14.5. The molecule has 75 heavy (non-hydrogen) atoms. The smallest absolute Gasteiger partial charge is 0.306 e. The number of esters is 3. The Balaban J connectivity index is 4.26. The lowest BCUT2D eigenvalue weighted by Gasteiger charge is -2.18. The second-order valence-electron chi connectivity index (χ2n) is 22.0. The van der Waals surface area contributed by atoms with Gasteiger partial charge in [0.2, 0.25) is 0 Å². The maximum atomic E-state index is 12.9. The summed E-state index contributed by atoms with van der Waals surface area (Å²) in [4.78, 5) is 38.3.